The molecule has 0 saturated heterocycles. The fourth-order valence-corrected chi connectivity index (χ4v) is 3.69. The van der Waals surface area contributed by atoms with Crippen LogP contribution in [0, 0.1) is 0 Å². The molecule has 134 valence electrons. The Morgan fingerprint density at radius 2 is 1.88 bits per heavy atom. The molecule has 1 aliphatic rings. The summed E-state index contributed by atoms with van der Waals surface area (Å²) in [5.41, 5.74) is 1.00. The third kappa shape index (κ3) is 5.79. The third-order valence-electron chi connectivity index (χ3n) is 4.32. The number of amides is 1. The van der Waals surface area contributed by atoms with Gasteiger partial charge in [-0.05, 0) is 37.0 Å². The molecule has 0 bridgehead atoms. The Balaban J connectivity index is 1.91. The first kappa shape index (κ1) is 18.7. The standard InChI is InChI=1S/C17H26N2O4S/c1-23-16-9-7-14(8-10-16)11-12-19(24(2,21)22)13-17(20)18-15-5-3-4-6-15/h7-10,15H,3-6,11-13H2,1-2H3,(H,18,20). The second-order valence-corrected chi connectivity index (χ2v) is 8.23. The highest BCUT2D eigenvalue weighted by atomic mass is 32.2. The van der Waals surface area contributed by atoms with Gasteiger partial charge in [-0.1, -0.05) is 25.0 Å². The first-order valence-electron chi connectivity index (χ1n) is 8.26. The summed E-state index contributed by atoms with van der Waals surface area (Å²) in [4.78, 5) is 12.1. The predicted molar refractivity (Wildman–Crippen MR) is 93.5 cm³/mol. The topological polar surface area (TPSA) is 75.7 Å². The summed E-state index contributed by atoms with van der Waals surface area (Å²) < 4.78 is 30.2. The van der Waals surface area contributed by atoms with Crippen LogP contribution in [-0.2, 0) is 21.2 Å². The summed E-state index contributed by atoms with van der Waals surface area (Å²) in [5.74, 6) is 0.539. The molecule has 6 nitrogen and oxygen atoms in total. The number of nitrogens with one attached hydrogen (secondary N) is 1. The Kier molecular flexibility index (Phi) is 6.62. The van der Waals surface area contributed by atoms with Gasteiger partial charge in [0.25, 0.3) is 0 Å². The number of rotatable bonds is 8. The van der Waals surface area contributed by atoms with Gasteiger partial charge in [0, 0.05) is 12.6 Å². The summed E-state index contributed by atoms with van der Waals surface area (Å²) in [5, 5.41) is 2.93. The van der Waals surface area contributed by atoms with Gasteiger partial charge in [0.15, 0.2) is 0 Å². The van der Waals surface area contributed by atoms with Crippen molar-refractivity contribution in [2.24, 2.45) is 0 Å². The van der Waals surface area contributed by atoms with Crippen LogP contribution in [-0.4, -0.2) is 51.1 Å². The van der Waals surface area contributed by atoms with Crippen molar-refractivity contribution >= 4 is 15.9 Å². The number of benzene rings is 1. The van der Waals surface area contributed by atoms with Crippen molar-refractivity contribution in [1.82, 2.24) is 9.62 Å². The highest BCUT2D eigenvalue weighted by Crippen LogP contribution is 2.17. The molecule has 0 aliphatic heterocycles. The monoisotopic (exact) mass is 354 g/mol. The summed E-state index contributed by atoms with van der Waals surface area (Å²) in [6.45, 7) is 0.161. The SMILES string of the molecule is COc1ccc(CCN(CC(=O)NC2CCCC2)S(C)(=O)=O)cc1. The molecule has 0 unspecified atom stereocenters. The van der Waals surface area contributed by atoms with E-state index in [9.17, 15) is 13.2 Å². The minimum Gasteiger partial charge on any atom is -0.497 e. The molecule has 1 amide bonds. The molecule has 1 aliphatic carbocycles. The molecule has 7 heteroatoms. The quantitative estimate of drug-likeness (QED) is 0.769. The lowest BCUT2D eigenvalue weighted by Crippen LogP contribution is -2.43. The van der Waals surface area contributed by atoms with E-state index in [-0.39, 0.29) is 25.0 Å². The second-order valence-electron chi connectivity index (χ2n) is 6.24. The highest BCUT2D eigenvalue weighted by Gasteiger charge is 2.23. The van der Waals surface area contributed by atoms with Crippen molar-refractivity contribution in [3.05, 3.63) is 29.8 Å². The first-order chi connectivity index (χ1) is 11.4. The fourth-order valence-electron chi connectivity index (χ4n) is 2.91. The Morgan fingerprint density at radius 1 is 1.25 bits per heavy atom. The minimum absolute atomic E-state index is 0.120. The normalized spacial score (nSPS) is 15.6. The van der Waals surface area contributed by atoms with Gasteiger partial charge in [-0.2, -0.15) is 4.31 Å². The number of hydrogen-bond acceptors (Lipinski definition) is 4. The van der Waals surface area contributed by atoms with Crippen LogP contribution in [0.2, 0.25) is 0 Å². The summed E-state index contributed by atoms with van der Waals surface area (Å²) in [7, 11) is -1.83. The van der Waals surface area contributed by atoms with Crippen LogP contribution in [0.5, 0.6) is 5.75 Å². The van der Waals surface area contributed by atoms with E-state index in [2.05, 4.69) is 5.32 Å². The van der Waals surface area contributed by atoms with Gasteiger partial charge in [-0.25, -0.2) is 8.42 Å². The lowest BCUT2D eigenvalue weighted by molar-refractivity contribution is -0.122. The Morgan fingerprint density at radius 3 is 2.42 bits per heavy atom. The van der Waals surface area contributed by atoms with Crippen LogP contribution in [0.15, 0.2) is 24.3 Å². The average molecular weight is 354 g/mol. The molecular weight excluding hydrogens is 328 g/mol. The van der Waals surface area contributed by atoms with Gasteiger partial charge in [0.1, 0.15) is 5.75 Å². The molecular formula is C17H26N2O4S. The van der Waals surface area contributed by atoms with Crippen molar-refractivity contribution in [1.29, 1.82) is 0 Å². The van der Waals surface area contributed by atoms with Crippen LogP contribution in [0.3, 0.4) is 0 Å². The van der Waals surface area contributed by atoms with E-state index >= 15 is 0 Å². The molecule has 0 atom stereocenters. The first-order valence-corrected chi connectivity index (χ1v) is 10.1. The van der Waals surface area contributed by atoms with E-state index in [1.54, 1.807) is 7.11 Å². The molecule has 0 spiro atoms. The summed E-state index contributed by atoms with van der Waals surface area (Å²) in [6.07, 6.45) is 5.90. The van der Waals surface area contributed by atoms with Gasteiger partial charge in [-0.3, -0.25) is 4.79 Å². The van der Waals surface area contributed by atoms with Crippen LogP contribution >= 0.6 is 0 Å². The maximum Gasteiger partial charge on any atom is 0.235 e. The van der Waals surface area contributed by atoms with Gasteiger partial charge in [0.05, 0.1) is 19.9 Å². The predicted octanol–water partition coefficient (Wildman–Crippen LogP) is 1.56. The molecule has 1 N–H and O–H groups in total. The number of sulfonamides is 1. The zero-order valence-electron chi connectivity index (χ0n) is 14.3. The minimum atomic E-state index is -3.43. The molecule has 1 aromatic carbocycles. The Hall–Kier alpha value is -1.60. The Bertz CT molecular complexity index is 637. The van der Waals surface area contributed by atoms with Crippen LogP contribution in [0.1, 0.15) is 31.2 Å². The van der Waals surface area contributed by atoms with E-state index in [1.165, 1.54) is 4.31 Å². The molecule has 1 aromatic rings. The molecule has 0 radical (unpaired) electrons. The fraction of sp³-hybridized carbons (Fsp3) is 0.588. The van der Waals surface area contributed by atoms with E-state index in [0.29, 0.717) is 6.42 Å². The number of methoxy groups -OCH3 is 1. The maximum absolute atomic E-state index is 12.1. The maximum atomic E-state index is 12.1. The largest absolute Gasteiger partial charge is 0.497 e. The molecule has 2 rings (SSSR count). The molecule has 24 heavy (non-hydrogen) atoms. The number of carbonyl (C=O) groups excluding carboxylic acids is 1. The van der Waals surface area contributed by atoms with Crippen LogP contribution in [0.4, 0.5) is 0 Å². The van der Waals surface area contributed by atoms with Crippen molar-refractivity contribution in [3.8, 4) is 5.75 Å². The average Bonchev–Trinajstić information content (AvgIpc) is 3.03. The van der Waals surface area contributed by atoms with E-state index in [0.717, 1.165) is 43.3 Å². The molecule has 1 saturated carbocycles. The lowest BCUT2D eigenvalue weighted by Gasteiger charge is -2.21. The molecule has 1 fully saturated rings. The molecule has 0 heterocycles. The third-order valence-corrected chi connectivity index (χ3v) is 5.57. The lowest BCUT2D eigenvalue weighted by atomic mass is 10.1. The van der Waals surface area contributed by atoms with Crippen molar-refractivity contribution in [3.63, 3.8) is 0 Å². The van der Waals surface area contributed by atoms with Gasteiger partial charge < -0.3 is 10.1 Å². The van der Waals surface area contributed by atoms with Crippen molar-refractivity contribution < 1.29 is 17.9 Å². The second kappa shape index (κ2) is 8.48. The van der Waals surface area contributed by atoms with Gasteiger partial charge in [0.2, 0.25) is 15.9 Å². The molecule has 0 aromatic heterocycles. The highest BCUT2D eigenvalue weighted by molar-refractivity contribution is 7.88. The summed E-state index contributed by atoms with van der Waals surface area (Å²) >= 11 is 0. The Labute approximate surface area is 144 Å². The van der Waals surface area contributed by atoms with Gasteiger partial charge >= 0.3 is 0 Å². The van der Waals surface area contributed by atoms with E-state index in [1.807, 2.05) is 24.3 Å². The van der Waals surface area contributed by atoms with E-state index < -0.39 is 10.0 Å². The zero-order chi connectivity index (χ0) is 17.6. The number of hydrogen-bond donors (Lipinski definition) is 1. The van der Waals surface area contributed by atoms with Crippen molar-refractivity contribution in [2.45, 2.75) is 38.1 Å². The number of carbonyl (C=O) groups is 1. The van der Waals surface area contributed by atoms with Crippen LogP contribution < -0.4 is 10.1 Å². The van der Waals surface area contributed by atoms with Gasteiger partial charge in [-0.15, -0.1) is 0 Å². The number of nitrogens with zero attached hydrogens (tertiary/aromatic N) is 1. The van der Waals surface area contributed by atoms with E-state index in [4.69, 9.17) is 4.74 Å². The smallest absolute Gasteiger partial charge is 0.235 e. The zero-order valence-corrected chi connectivity index (χ0v) is 15.1. The number of ether oxygens (including phenoxy) is 1. The summed E-state index contributed by atoms with van der Waals surface area (Å²) in [6, 6.07) is 7.68. The van der Waals surface area contributed by atoms with Crippen LogP contribution in [0.25, 0.3) is 0 Å². The van der Waals surface area contributed by atoms with Crippen molar-refractivity contribution in [2.75, 3.05) is 26.5 Å².